The summed E-state index contributed by atoms with van der Waals surface area (Å²) in [6, 6.07) is 10.9. The number of aromatic nitrogens is 2. The fraction of sp³-hybridized carbons (Fsp3) is 0. The molecule has 16 heavy (non-hydrogen) atoms. The predicted octanol–water partition coefficient (Wildman–Crippen LogP) is 3.15. The third-order valence-electron chi connectivity index (χ3n) is 1.77. The van der Waals surface area contributed by atoms with Crippen LogP contribution < -0.4 is 0 Å². The summed E-state index contributed by atoms with van der Waals surface area (Å²) in [6.45, 7) is 0. The van der Waals surface area contributed by atoms with Gasteiger partial charge in [-0.1, -0.05) is 11.6 Å². The van der Waals surface area contributed by atoms with Gasteiger partial charge in [-0.3, -0.25) is 0 Å². The average molecular weight is 248 g/mol. The molecule has 0 bridgehead atoms. The molecule has 3 nitrogen and oxygen atoms in total. The molecule has 1 aromatic carbocycles. The van der Waals surface area contributed by atoms with Crippen molar-refractivity contribution in [2.24, 2.45) is 0 Å². The lowest BCUT2D eigenvalue weighted by molar-refractivity contribution is 0.952. The van der Waals surface area contributed by atoms with Crippen LogP contribution in [-0.2, 0) is 0 Å². The number of rotatable bonds is 2. The Morgan fingerprint density at radius 1 is 1.19 bits per heavy atom. The maximum Gasteiger partial charge on any atom is 0.193 e. The van der Waals surface area contributed by atoms with Crippen molar-refractivity contribution < 1.29 is 0 Å². The molecule has 78 valence electrons. The van der Waals surface area contributed by atoms with Crippen LogP contribution in [0.2, 0.25) is 5.02 Å². The van der Waals surface area contributed by atoms with Crippen LogP contribution in [-0.4, -0.2) is 9.97 Å². The highest BCUT2D eigenvalue weighted by Crippen LogP contribution is 2.25. The second-order valence-electron chi connectivity index (χ2n) is 2.89. The summed E-state index contributed by atoms with van der Waals surface area (Å²) in [7, 11) is 0. The molecule has 5 heteroatoms. The second-order valence-corrected chi connectivity index (χ2v) is 4.37. The first-order valence-corrected chi connectivity index (χ1v) is 5.64. The van der Waals surface area contributed by atoms with E-state index < -0.39 is 0 Å². The van der Waals surface area contributed by atoms with Gasteiger partial charge in [-0.25, -0.2) is 9.97 Å². The minimum Gasteiger partial charge on any atom is -0.231 e. The largest absolute Gasteiger partial charge is 0.231 e. The SMILES string of the molecule is N#Cc1ccnc(Sc2ccc(Cl)cc2)n1. The van der Waals surface area contributed by atoms with Crippen molar-refractivity contribution in [2.75, 3.05) is 0 Å². The van der Waals surface area contributed by atoms with E-state index in [1.807, 2.05) is 18.2 Å². The summed E-state index contributed by atoms with van der Waals surface area (Å²) in [6.07, 6.45) is 1.57. The molecular formula is C11H6ClN3S. The number of benzene rings is 1. The molecule has 0 aliphatic carbocycles. The molecule has 0 radical (unpaired) electrons. The van der Waals surface area contributed by atoms with Crippen molar-refractivity contribution in [3.63, 3.8) is 0 Å². The number of nitriles is 1. The van der Waals surface area contributed by atoms with Gasteiger partial charge >= 0.3 is 0 Å². The first-order valence-electron chi connectivity index (χ1n) is 4.44. The van der Waals surface area contributed by atoms with E-state index in [2.05, 4.69) is 9.97 Å². The zero-order valence-corrected chi connectivity index (χ0v) is 9.66. The Labute approximate surface area is 102 Å². The molecule has 1 heterocycles. The van der Waals surface area contributed by atoms with Gasteiger partial charge in [0.2, 0.25) is 0 Å². The van der Waals surface area contributed by atoms with Gasteiger partial charge in [0.05, 0.1) is 0 Å². The van der Waals surface area contributed by atoms with Gasteiger partial charge in [0, 0.05) is 16.1 Å². The summed E-state index contributed by atoms with van der Waals surface area (Å²) >= 11 is 7.17. The Hall–Kier alpha value is -1.57. The third-order valence-corrected chi connectivity index (χ3v) is 2.91. The molecule has 0 spiro atoms. The number of hydrogen-bond donors (Lipinski definition) is 0. The van der Waals surface area contributed by atoms with Crippen molar-refractivity contribution in [3.8, 4) is 6.07 Å². The van der Waals surface area contributed by atoms with E-state index >= 15 is 0 Å². The highest BCUT2D eigenvalue weighted by molar-refractivity contribution is 7.99. The quantitative estimate of drug-likeness (QED) is 0.765. The Morgan fingerprint density at radius 3 is 2.62 bits per heavy atom. The Kier molecular flexibility index (Phi) is 3.40. The van der Waals surface area contributed by atoms with E-state index in [1.54, 1.807) is 24.4 Å². The third kappa shape index (κ3) is 2.72. The van der Waals surface area contributed by atoms with Crippen molar-refractivity contribution in [2.45, 2.75) is 10.1 Å². The zero-order valence-electron chi connectivity index (χ0n) is 8.09. The molecule has 0 N–H and O–H groups in total. The number of halogens is 1. The maximum absolute atomic E-state index is 8.70. The van der Waals surface area contributed by atoms with E-state index in [1.165, 1.54) is 11.8 Å². The van der Waals surface area contributed by atoms with Crippen molar-refractivity contribution in [3.05, 3.63) is 47.2 Å². The van der Waals surface area contributed by atoms with Crippen LogP contribution in [0.5, 0.6) is 0 Å². The Morgan fingerprint density at radius 2 is 1.94 bits per heavy atom. The van der Waals surface area contributed by atoms with Gasteiger partial charge in [0.25, 0.3) is 0 Å². The molecule has 0 unspecified atom stereocenters. The number of hydrogen-bond acceptors (Lipinski definition) is 4. The van der Waals surface area contributed by atoms with Gasteiger partial charge in [0.1, 0.15) is 11.8 Å². The molecule has 1 aromatic heterocycles. The summed E-state index contributed by atoms with van der Waals surface area (Å²) < 4.78 is 0. The fourth-order valence-electron chi connectivity index (χ4n) is 1.06. The van der Waals surface area contributed by atoms with Crippen molar-refractivity contribution >= 4 is 23.4 Å². The van der Waals surface area contributed by atoms with Gasteiger partial charge in [-0.05, 0) is 42.1 Å². The molecule has 2 aromatic rings. The van der Waals surface area contributed by atoms with Crippen LogP contribution in [0, 0.1) is 11.3 Å². The van der Waals surface area contributed by atoms with Crippen LogP contribution in [0.25, 0.3) is 0 Å². The van der Waals surface area contributed by atoms with Gasteiger partial charge < -0.3 is 0 Å². The molecule has 0 atom stereocenters. The second kappa shape index (κ2) is 4.97. The summed E-state index contributed by atoms with van der Waals surface area (Å²) in [5, 5.41) is 9.95. The van der Waals surface area contributed by atoms with E-state index in [4.69, 9.17) is 16.9 Å². The smallest absolute Gasteiger partial charge is 0.193 e. The minimum absolute atomic E-state index is 0.367. The fourth-order valence-corrected chi connectivity index (χ4v) is 1.93. The lowest BCUT2D eigenvalue weighted by Gasteiger charge is -1.99. The van der Waals surface area contributed by atoms with Crippen molar-refractivity contribution in [1.82, 2.24) is 9.97 Å². The summed E-state index contributed by atoms with van der Waals surface area (Å²) in [4.78, 5) is 9.13. The van der Waals surface area contributed by atoms with E-state index in [0.29, 0.717) is 15.9 Å². The number of nitrogens with zero attached hydrogens (tertiary/aromatic N) is 3. The van der Waals surface area contributed by atoms with Gasteiger partial charge in [-0.2, -0.15) is 5.26 Å². The molecular weight excluding hydrogens is 242 g/mol. The highest BCUT2D eigenvalue weighted by Gasteiger charge is 2.01. The topological polar surface area (TPSA) is 49.6 Å². The summed E-state index contributed by atoms with van der Waals surface area (Å²) in [5.74, 6) is 0. The van der Waals surface area contributed by atoms with Gasteiger partial charge in [0.15, 0.2) is 5.16 Å². The minimum atomic E-state index is 0.367. The van der Waals surface area contributed by atoms with Crippen LogP contribution >= 0.6 is 23.4 Å². The van der Waals surface area contributed by atoms with Crippen LogP contribution in [0.15, 0.2) is 46.6 Å². The predicted molar refractivity (Wildman–Crippen MR) is 62.3 cm³/mol. The highest BCUT2D eigenvalue weighted by atomic mass is 35.5. The molecule has 0 aliphatic heterocycles. The zero-order chi connectivity index (χ0) is 11.4. The molecule has 0 fully saturated rings. The van der Waals surface area contributed by atoms with E-state index in [-0.39, 0.29) is 0 Å². The Balaban J connectivity index is 2.21. The Bertz CT molecular complexity index is 534. The van der Waals surface area contributed by atoms with Crippen LogP contribution in [0.1, 0.15) is 5.69 Å². The normalized spacial score (nSPS) is 9.75. The monoisotopic (exact) mass is 247 g/mol. The molecule has 0 saturated carbocycles. The lowest BCUT2D eigenvalue weighted by atomic mass is 10.4. The summed E-state index contributed by atoms with van der Waals surface area (Å²) in [5.41, 5.74) is 0.367. The average Bonchev–Trinajstić information content (AvgIpc) is 2.32. The first kappa shape index (κ1) is 10.9. The molecule has 2 rings (SSSR count). The van der Waals surface area contributed by atoms with Crippen LogP contribution in [0.4, 0.5) is 0 Å². The molecule has 0 amide bonds. The maximum atomic E-state index is 8.70. The van der Waals surface area contributed by atoms with Gasteiger partial charge in [-0.15, -0.1) is 0 Å². The van der Waals surface area contributed by atoms with E-state index in [9.17, 15) is 0 Å². The lowest BCUT2D eigenvalue weighted by Crippen LogP contribution is -1.88. The first-order chi connectivity index (χ1) is 7.78. The van der Waals surface area contributed by atoms with Crippen molar-refractivity contribution in [1.29, 1.82) is 5.26 Å². The molecule has 0 saturated heterocycles. The van der Waals surface area contributed by atoms with Crippen LogP contribution in [0.3, 0.4) is 0 Å². The standard InChI is InChI=1S/C11H6ClN3S/c12-8-1-3-10(4-2-8)16-11-14-6-5-9(7-13)15-11/h1-6H. The molecule has 0 aliphatic rings. The van der Waals surface area contributed by atoms with E-state index in [0.717, 1.165) is 4.90 Å².